The average Bonchev–Trinajstić information content (AvgIpc) is 3.09. The number of carbonyl (C=O) groups is 1. The Morgan fingerprint density at radius 2 is 2.04 bits per heavy atom. The fourth-order valence-corrected chi connectivity index (χ4v) is 3.65. The summed E-state index contributed by atoms with van der Waals surface area (Å²) >= 11 is 1.38. The van der Waals surface area contributed by atoms with Crippen LogP contribution in [0.1, 0.15) is 39.9 Å². The van der Waals surface area contributed by atoms with Gasteiger partial charge in [0.1, 0.15) is 5.82 Å². The third kappa shape index (κ3) is 4.62. The van der Waals surface area contributed by atoms with Gasteiger partial charge in [0.25, 0.3) is 0 Å². The highest BCUT2D eigenvalue weighted by Gasteiger charge is 2.24. The molecule has 28 heavy (non-hydrogen) atoms. The molecular weight excluding hydrogens is 374 g/mol. The Labute approximate surface area is 169 Å². The third-order valence-electron chi connectivity index (χ3n) is 4.21. The van der Waals surface area contributed by atoms with Crippen LogP contribution >= 0.6 is 11.8 Å². The van der Waals surface area contributed by atoms with Gasteiger partial charge in [-0.3, -0.25) is 9.20 Å². The summed E-state index contributed by atoms with van der Waals surface area (Å²) in [6.45, 7) is 10.3. The van der Waals surface area contributed by atoms with Crippen LogP contribution in [0.2, 0.25) is 0 Å². The maximum Gasteiger partial charge on any atom is 0.230 e. The van der Waals surface area contributed by atoms with E-state index in [1.54, 1.807) is 0 Å². The number of benzene rings is 1. The quantitative estimate of drug-likeness (QED) is 0.461. The van der Waals surface area contributed by atoms with Crippen molar-refractivity contribution in [3.8, 4) is 0 Å². The largest absolute Gasteiger partial charge is 0.382 e. The number of ether oxygens (including phenoxy) is 1. The Morgan fingerprint density at radius 3 is 2.79 bits per heavy atom. The minimum atomic E-state index is -0.193. The van der Waals surface area contributed by atoms with Gasteiger partial charge in [0.15, 0.2) is 10.8 Å². The van der Waals surface area contributed by atoms with Gasteiger partial charge in [0.05, 0.1) is 11.3 Å². The van der Waals surface area contributed by atoms with Crippen molar-refractivity contribution in [3.63, 3.8) is 0 Å². The Kier molecular flexibility index (Phi) is 6.51. The van der Waals surface area contributed by atoms with Crippen LogP contribution < -0.4 is 5.32 Å². The maximum absolute atomic E-state index is 12.2. The normalized spacial score (nSPS) is 12.0. The lowest BCUT2D eigenvalue weighted by atomic mass is 9.95. The van der Waals surface area contributed by atoms with Crippen molar-refractivity contribution in [2.45, 2.75) is 44.7 Å². The van der Waals surface area contributed by atoms with Gasteiger partial charge >= 0.3 is 0 Å². The lowest BCUT2D eigenvalue weighted by Gasteiger charge is -2.20. The monoisotopic (exact) mass is 401 g/mol. The molecule has 0 saturated carbocycles. The highest BCUT2D eigenvalue weighted by molar-refractivity contribution is 7.99. The minimum absolute atomic E-state index is 0.0238. The van der Waals surface area contributed by atoms with Crippen LogP contribution in [0.5, 0.6) is 0 Å². The van der Waals surface area contributed by atoms with E-state index in [4.69, 9.17) is 9.72 Å². The molecule has 2 aromatic heterocycles. The van der Waals surface area contributed by atoms with E-state index in [9.17, 15) is 4.79 Å². The molecular formula is C20H27N5O2S. The van der Waals surface area contributed by atoms with Crippen LogP contribution in [-0.2, 0) is 14.9 Å². The summed E-state index contributed by atoms with van der Waals surface area (Å²) in [4.78, 5) is 17.0. The molecule has 1 N–H and O–H groups in total. The molecule has 0 saturated heterocycles. The minimum Gasteiger partial charge on any atom is -0.382 e. The number of carbonyl (C=O) groups excluding carboxylic acids is 1. The predicted molar refractivity (Wildman–Crippen MR) is 112 cm³/mol. The number of hydrogen-bond acceptors (Lipinski definition) is 6. The van der Waals surface area contributed by atoms with Gasteiger partial charge in [-0.05, 0) is 25.5 Å². The van der Waals surface area contributed by atoms with E-state index >= 15 is 0 Å². The molecule has 0 radical (unpaired) electrons. The van der Waals surface area contributed by atoms with Crippen molar-refractivity contribution in [3.05, 3.63) is 30.1 Å². The van der Waals surface area contributed by atoms with E-state index in [1.165, 1.54) is 11.8 Å². The van der Waals surface area contributed by atoms with Crippen molar-refractivity contribution >= 4 is 34.2 Å². The predicted octanol–water partition coefficient (Wildman–Crippen LogP) is 3.21. The van der Waals surface area contributed by atoms with Gasteiger partial charge in [-0.15, -0.1) is 10.2 Å². The average molecular weight is 402 g/mol. The van der Waals surface area contributed by atoms with Crippen LogP contribution in [0, 0.1) is 0 Å². The summed E-state index contributed by atoms with van der Waals surface area (Å²) in [5.41, 5.74) is 1.48. The zero-order valence-corrected chi connectivity index (χ0v) is 17.7. The van der Waals surface area contributed by atoms with Gasteiger partial charge in [-0.1, -0.05) is 44.7 Å². The SMILES string of the molecule is CCOCCCNC(=O)CSc1nnc2c3ccccc3nc(C(C)(C)C)n12. The number of fused-ring (bicyclic) bond motifs is 3. The fraction of sp³-hybridized carbons (Fsp3) is 0.500. The van der Waals surface area contributed by atoms with Crippen LogP contribution in [0.3, 0.4) is 0 Å². The van der Waals surface area contributed by atoms with Crippen LogP contribution in [-0.4, -0.2) is 51.0 Å². The Morgan fingerprint density at radius 1 is 1.25 bits per heavy atom. The van der Waals surface area contributed by atoms with Crippen molar-refractivity contribution in [1.29, 1.82) is 0 Å². The maximum atomic E-state index is 12.2. The second-order valence-corrected chi connectivity index (χ2v) is 8.48. The third-order valence-corrected chi connectivity index (χ3v) is 5.14. The Bertz CT molecular complexity index is 964. The summed E-state index contributed by atoms with van der Waals surface area (Å²) in [5.74, 6) is 1.14. The van der Waals surface area contributed by atoms with Gasteiger partial charge in [-0.2, -0.15) is 0 Å². The zero-order valence-electron chi connectivity index (χ0n) is 16.9. The molecule has 0 aliphatic heterocycles. The van der Waals surface area contributed by atoms with Crippen molar-refractivity contribution < 1.29 is 9.53 Å². The molecule has 0 aliphatic rings. The Hall–Kier alpha value is -2.19. The highest BCUT2D eigenvalue weighted by Crippen LogP contribution is 2.29. The molecule has 0 unspecified atom stereocenters. The topological polar surface area (TPSA) is 81.4 Å². The number of thioether (sulfide) groups is 1. The van der Waals surface area contributed by atoms with E-state index in [2.05, 4.69) is 36.3 Å². The van der Waals surface area contributed by atoms with Gasteiger partial charge in [0, 0.05) is 30.6 Å². The number of amides is 1. The number of nitrogens with one attached hydrogen (secondary N) is 1. The van der Waals surface area contributed by atoms with E-state index in [0.717, 1.165) is 28.8 Å². The molecule has 3 aromatic rings. The smallest absolute Gasteiger partial charge is 0.230 e. The van der Waals surface area contributed by atoms with Crippen LogP contribution in [0.15, 0.2) is 29.4 Å². The second kappa shape index (κ2) is 8.87. The molecule has 8 heteroatoms. The molecule has 0 fully saturated rings. The molecule has 0 spiro atoms. The summed E-state index contributed by atoms with van der Waals surface area (Å²) < 4.78 is 7.26. The molecule has 150 valence electrons. The first kappa shape index (κ1) is 20.5. The summed E-state index contributed by atoms with van der Waals surface area (Å²) in [5, 5.41) is 13.3. The first-order valence-corrected chi connectivity index (χ1v) is 10.5. The first-order chi connectivity index (χ1) is 13.4. The highest BCUT2D eigenvalue weighted by atomic mass is 32.2. The number of rotatable bonds is 8. The number of nitrogens with zero attached hydrogens (tertiary/aromatic N) is 4. The zero-order chi connectivity index (χ0) is 20.1. The molecule has 2 heterocycles. The van der Waals surface area contributed by atoms with Crippen molar-refractivity contribution in [1.82, 2.24) is 24.9 Å². The summed E-state index contributed by atoms with van der Waals surface area (Å²) in [6, 6.07) is 7.93. The van der Waals surface area contributed by atoms with E-state index in [0.29, 0.717) is 24.9 Å². The van der Waals surface area contributed by atoms with E-state index in [-0.39, 0.29) is 17.1 Å². The molecule has 0 aliphatic carbocycles. The van der Waals surface area contributed by atoms with Gasteiger partial charge < -0.3 is 10.1 Å². The van der Waals surface area contributed by atoms with Crippen molar-refractivity contribution in [2.75, 3.05) is 25.5 Å². The second-order valence-electron chi connectivity index (χ2n) is 7.53. The van der Waals surface area contributed by atoms with Crippen molar-refractivity contribution in [2.24, 2.45) is 0 Å². The molecule has 1 amide bonds. The number of para-hydroxylation sites is 1. The molecule has 0 bridgehead atoms. The van der Waals surface area contributed by atoms with Crippen LogP contribution in [0.25, 0.3) is 16.6 Å². The van der Waals surface area contributed by atoms with Gasteiger partial charge in [-0.25, -0.2) is 4.98 Å². The van der Waals surface area contributed by atoms with E-state index < -0.39 is 0 Å². The van der Waals surface area contributed by atoms with Crippen LogP contribution in [0.4, 0.5) is 0 Å². The van der Waals surface area contributed by atoms with E-state index in [1.807, 2.05) is 35.6 Å². The standard InChI is InChI=1S/C20H27N5O2S/c1-5-27-12-8-11-21-16(26)13-28-19-24-23-17-14-9-6-7-10-15(14)22-18(25(17)19)20(2,3)4/h6-7,9-10H,5,8,11-13H2,1-4H3,(H,21,26). The summed E-state index contributed by atoms with van der Waals surface area (Å²) in [7, 11) is 0. The number of hydrogen-bond donors (Lipinski definition) is 1. The lowest BCUT2D eigenvalue weighted by molar-refractivity contribution is -0.118. The number of aromatic nitrogens is 4. The fourth-order valence-electron chi connectivity index (χ4n) is 2.88. The first-order valence-electron chi connectivity index (χ1n) is 9.53. The molecule has 0 atom stereocenters. The molecule has 7 nitrogen and oxygen atoms in total. The summed E-state index contributed by atoms with van der Waals surface area (Å²) in [6.07, 6.45) is 0.808. The lowest BCUT2D eigenvalue weighted by Crippen LogP contribution is -2.27. The molecule has 1 aromatic carbocycles. The van der Waals surface area contributed by atoms with Gasteiger partial charge in [0.2, 0.25) is 5.91 Å². The Balaban J connectivity index is 1.80. The molecule has 3 rings (SSSR count).